The molecule has 1 heterocycles. The second kappa shape index (κ2) is 8.61. The van der Waals surface area contributed by atoms with Crippen LogP contribution in [0.3, 0.4) is 0 Å². The molecule has 1 aliphatic heterocycles. The maximum Gasteiger partial charge on any atom is 0.123 e. The Bertz CT molecular complexity index is 722. The summed E-state index contributed by atoms with van der Waals surface area (Å²) in [5.41, 5.74) is 3.56. The molecule has 0 aliphatic carbocycles. The van der Waals surface area contributed by atoms with Crippen LogP contribution in [0.25, 0.3) is 5.57 Å². The van der Waals surface area contributed by atoms with E-state index in [9.17, 15) is 4.39 Å². The highest BCUT2D eigenvalue weighted by Crippen LogP contribution is 2.37. The van der Waals surface area contributed by atoms with Gasteiger partial charge in [0.05, 0.1) is 5.60 Å². The van der Waals surface area contributed by atoms with Crippen LogP contribution in [0.2, 0.25) is 0 Å². The zero-order chi connectivity index (χ0) is 18.4. The number of ether oxygens (including phenoxy) is 1. The molecular formula is C23H28FNO. The first-order valence-corrected chi connectivity index (χ1v) is 9.38. The van der Waals surface area contributed by atoms with Gasteiger partial charge in [0.15, 0.2) is 0 Å². The first-order valence-electron chi connectivity index (χ1n) is 9.38. The van der Waals surface area contributed by atoms with Crippen LogP contribution in [-0.2, 0) is 11.3 Å². The predicted octanol–water partition coefficient (Wildman–Crippen LogP) is 5.20. The quantitative estimate of drug-likeness (QED) is 0.720. The summed E-state index contributed by atoms with van der Waals surface area (Å²) in [7, 11) is 0. The summed E-state index contributed by atoms with van der Waals surface area (Å²) < 4.78 is 19.2. The van der Waals surface area contributed by atoms with Crippen molar-refractivity contribution in [1.29, 1.82) is 0 Å². The van der Waals surface area contributed by atoms with E-state index in [0.29, 0.717) is 5.92 Å². The van der Waals surface area contributed by atoms with Gasteiger partial charge in [-0.15, -0.1) is 0 Å². The molecule has 0 amide bonds. The van der Waals surface area contributed by atoms with Crippen molar-refractivity contribution in [3.8, 4) is 0 Å². The zero-order valence-corrected chi connectivity index (χ0v) is 15.7. The topological polar surface area (TPSA) is 21.3 Å². The van der Waals surface area contributed by atoms with Crippen molar-refractivity contribution in [2.45, 2.75) is 38.8 Å². The third-order valence-corrected chi connectivity index (χ3v) is 4.95. The van der Waals surface area contributed by atoms with Gasteiger partial charge < -0.3 is 10.1 Å². The lowest BCUT2D eigenvalue weighted by Crippen LogP contribution is -2.34. The Morgan fingerprint density at radius 2 is 1.88 bits per heavy atom. The van der Waals surface area contributed by atoms with Gasteiger partial charge in [0, 0.05) is 19.7 Å². The Kier molecular flexibility index (Phi) is 6.23. The van der Waals surface area contributed by atoms with Gasteiger partial charge in [-0.25, -0.2) is 4.39 Å². The van der Waals surface area contributed by atoms with E-state index in [1.807, 2.05) is 18.2 Å². The fourth-order valence-corrected chi connectivity index (χ4v) is 3.65. The molecule has 1 atom stereocenters. The maximum atomic E-state index is 13.4. The number of allylic oxidation sites excluding steroid dienone is 1. The molecule has 0 spiro atoms. The summed E-state index contributed by atoms with van der Waals surface area (Å²) in [5, 5.41) is 3.49. The number of rotatable bonds is 6. The Labute approximate surface area is 156 Å². The molecule has 1 saturated heterocycles. The van der Waals surface area contributed by atoms with Crippen LogP contribution in [0.1, 0.15) is 37.8 Å². The van der Waals surface area contributed by atoms with Crippen LogP contribution in [-0.4, -0.2) is 18.8 Å². The molecule has 3 rings (SSSR count). The molecule has 0 radical (unpaired) electrons. The maximum absolute atomic E-state index is 13.4. The molecule has 0 aromatic heterocycles. The standard InChI is InChI=1S/C23H28FNO/c1-23(2)16-20(13-15-26-23)22(19-8-10-21(24)11-9-19)12-14-25-17-18-6-4-3-5-7-18/h3-12,20,25H,13-17H2,1-2H3/b22-12+. The Hall–Kier alpha value is -1.97. The second-order valence-corrected chi connectivity index (χ2v) is 7.58. The average Bonchev–Trinajstić information content (AvgIpc) is 2.63. The highest BCUT2D eigenvalue weighted by atomic mass is 19.1. The van der Waals surface area contributed by atoms with Gasteiger partial charge in [-0.05, 0) is 61.4 Å². The monoisotopic (exact) mass is 353 g/mol. The molecule has 2 aromatic rings. The third kappa shape index (κ3) is 5.26. The summed E-state index contributed by atoms with van der Waals surface area (Å²) in [5.74, 6) is 0.241. The first kappa shape index (κ1) is 18.8. The Balaban J connectivity index is 1.72. The highest BCUT2D eigenvalue weighted by molar-refractivity contribution is 5.67. The summed E-state index contributed by atoms with van der Waals surface area (Å²) in [6, 6.07) is 17.3. The minimum atomic E-state index is -0.192. The van der Waals surface area contributed by atoms with Crippen molar-refractivity contribution in [1.82, 2.24) is 5.32 Å². The fourth-order valence-electron chi connectivity index (χ4n) is 3.65. The molecule has 0 saturated carbocycles. The van der Waals surface area contributed by atoms with Gasteiger partial charge in [-0.2, -0.15) is 0 Å². The van der Waals surface area contributed by atoms with Gasteiger partial charge in [-0.3, -0.25) is 0 Å². The van der Waals surface area contributed by atoms with Crippen LogP contribution < -0.4 is 5.32 Å². The number of nitrogens with one attached hydrogen (secondary N) is 1. The molecule has 1 N–H and O–H groups in total. The summed E-state index contributed by atoms with van der Waals surface area (Å²) >= 11 is 0. The van der Waals surface area contributed by atoms with Gasteiger partial charge in [0.2, 0.25) is 0 Å². The molecule has 2 nitrogen and oxygen atoms in total. The smallest absolute Gasteiger partial charge is 0.123 e. The van der Waals surface area contributed by atoms with E-state index in [0.717, 1.165) is 38.1 Å². The molecule has 0 bridgehead atoms. The van der Waals surface area contributed by atoms with E-state index < -0.39 is 0 Å². The predicted molar refractivity (Wildman–Crippen MR) is 105 cm³/mol. The van der Waals surface area contributed by atoms with E-state index in [-0.39, 0.29) is 11.4 Å². The van der Waals surface area contributed by atoms with Gasteiger partial charge in [0.1, 0.15) is 5.82 Å². The van der Waals surface area contributed by atoms with Crippen molar-refractivity contribution in [3.05, 3.63) is 77.6 Å². The largest absolute Gasteiger partial charge is 0.376 e. The van der Waals surface area contributed by atoms with Crippen molar-refractivity contribution >= 4 is 5.57 Å². The van der Waals surface area contributed by atoms with E-state index in [2.05, 4.69) is 49.5 Å². The molecular weight excluding hydrogens is 325 g/mol. The fraction of sp³-hybridized carbons (Fsp3) is 0.391. The first-order chi connectivity index (χ1) is 12.5. The molecule has 1 aliphatic rings. The highest BCUT2D eigenvalue weighted by Gasteiger charge is 2.31. The molecule has 3 heteroatoms. The number of benzene rings is 2. The third-order valence-electron chi connectivity index (χ3n) is 4.95. The van der Waals surface area contributed by atoms with E-state index in [1.54, 1.807) is 12.1 Å². The number of hydrogen-bond acceptors (Lipinski definition) is 2. The minimum Gasteiger partial charge on any atom is -0.376 e. The Morgan fingerprint density at radius 1 is 1.15 bits per heavy atom. The second-order valence-electron chi connectivity index (χ2n) is 7.58. The van der Waals surface area contributed by atoms with Crippen molar-refractivity contribution in [2.75, 3.05) is 13.2 Å². The van der Waals surface area contributed by atoms with Crippen LogP contribution in [0.5, 0.6) is 0 Å². The lowest BCUT2D eigenvalue weighted by atomic mass is 9.80. The number of hydrogen-bond donors (Lipinski definition) is 1. The van der Waals surface area contributed by atoms with Crippen molar-refractivity contribution < 1.29 is 9.13 Å². The van der Waals surface area contributed by atoms with Crippen LogP contribution in [0.15, 0.2) is 60.7 Å². The minimum absolute atomic E-state index is 0.112. The zero-order valence-electron chi connectivity index (χ0n) is 15.7. The molecule has 138 valence electrons. The lowest BCUT2D eigenvalue weighted by Gasteiger charge is -2.37. The average molecular weight is 353 g/mol. The molecule has 26 heavy (non-hydrogen) atoms. The van der Waals surface area contributed by atoms with Crippen LogP contribution in [0.4, 0.5) is 4.39 Å². The van der Waals surface area contributed by atoms with E-state index in [4.69, 9.17) is 4.74 Å². The summed E-state index contributed by atoms with van der Waals surface area (Å²) in [6.07, 6.45) is 4.25. The van der Waals surface area contributed by atoms with Gasteiger partial charge in [-0.1, -0.05) is 48.5 Å². The van der Waals surface area contributed by atoms with Crippen molar-refractivity contribution in [2.24, 2.45) is 5.92 Å². The molecule has 1 fully saturated rings. The van der Waals surface area contributed by atoms with E-state index >= 15 is 0 Å². The lowest BCUT2D eigenvalue weighted by molar-refractivity contribution is -0.0629. The van der Waals surface area contributed by atoms with E-state index in [1.165, 1.54) is 11.1 Å². The number of halogens is 1. The van der Waals surface area contributed by atoms with Gasteiger partial charge >= 0.3 is 0 Å². The van der Waals surface area contributed by atoms with Crippen molar-refractivity contribution in [3.63, 3.8) is 0 Å². The van der Waals surface area contributed by atoms with Crippen LogP contribution in [0, 0.1) is 11.7 Å². The summed E-state index contributed by atoms with van der Waals surface area (Å²) in [6.45, 7) is 6.70. The molecule has 1 unspecified atom stereocenters. The van der Waals surface area contributed by atoms with Crippen LogP contribution >= 0.6 is 0 Å². The van der Waals surface area contributed by atoms with Gasteiger partial charge in [0.25, 0.3) is 0 Å². The SMILES string of the molecule is CC1(C)CC(/C(=C/CNCc2ccccc2)c2ccc(F)cc2)CCO1. The molecule has 2 aromatic carbocycles. The summed E-state index contributed by atoms with van der Waals surface area (Å²) in [4.78, 5) is 0. The Morgan fingerprint density at radius 3 is 2.58 bits per heavy atom. The normalized spacial score (nSPS) is 20.1.